The normalized spacial score (nSPS) is 14.4. The lowest BCUT2D eigenvalue weighted by atomic mass is 9.99. The summed E-state index contributed by atoms with van der Waals surface area (Å²) in [6.07, 6.45) is 1.72. The van der Waals surface area contributed by atoms with E-state index in [4.69, 9.17) is 14.2 Å². The number of aromatic amines is 1. The summed E-state index contributed by atoms with van der Waals surface area (Å²) in [5.74, 6) is 0.942. The van der Waals surface area contributed by atoms with Gasteiger partial charge in [0.05, 0.1) is 21.3 Å². The smallest absolute Gasteiger partial charge is 0.409 e. The van der Waals surface area contributed by atoms with Crippen LogP contribution in [0, 0.1) is 0 Å². The summed E-state index contributed by atoms with van der Waals surface area (Å²) in [6, 6.07) is 5.60. The van der Waals surface area contributed by atoms with E-state index >= 15 is 0 Å². The minimum atomic E-state index is -0.528. The maximum absolute atomic E-state index is 12.1. The Morgan fingerprint density at radius 1 is 1.10 bits per heavy atom. The zero-order valence-corrected chi connectivity index (χ0v) is 17.4. The first-order valence-corrected chi connectivity index (χ1v) is 9.66. The highest BCUT2D eigenvalue weighted by atomic mass is 16.5. The molecule has 1 aliphatic rings. The fourth-order valence-electron chi connectivity index (χ4n) is 3.67. The zero-order chi connectivity index (χ0) is 21.7. The molecule has 1 aromatic carbocycles. The fraction of sp³-hybridized carbons (Fsp3) is 0.429. The van der Waals surface area contributed by atoms with E-state index in [9.17, 15) is 14.7 Å². The predicted molar refractivity (Wildman–Crippen MR) is 110 cm³/mol. The Kier molecular flexibility index (Phi) is 6.83. The van der Waals surface area contributed by atoms with Gasteiger partial charge in [0.15, 0.2) is 17.2 Å². The molecule has 30 heavy (non-hydrogen) atoms. The van der Waals surface area contributed by atoms with Crippen molar-refractivity contribution < 1.29 is 24.1 Å². The number of hydrogen-bond acceptors (Lipinski definition) is 7. The number of amides is 1. The summed E-state index contributed by atoms with van der Waals surface area (Å²) in [7, 11) is 4.52. The van der Waals surface area contributed by atoms with Gasteiger partial charge >= 0.3 is 6.09 Å². The van der Waals surface area contributed by atoms with E-state index in [0.717, 1.165) is 11.1 Å². The van der Waals surface area contributed by atoms with Crippen molar-refractivity contribution in [3.63, 3.8) is 0 Å². The third kappa shape index (κ3) is 4.51. The molecule has 9 heteroatoms. The van der Waals surface area contributed by atoms with Crippen molar-refractivity contribution in [3.05, 3.63) is 51.4 Å². The van der Waals surface area contributed by atoms with Gasteiger partial charge < -0.3 is 29.2 Å². The van der Waals surface area contributed by atoms with Crippen LogP contribution in [0.2, 0.25) is 0 Å². The van der Waals surface area contributed by atoms with Crippen molar-refractivity contribution >= 4 is 6.09 Å². The van der Waals surface area contributed by atoms with Gasteiger partial charge in [-0.1, -0.05) is 12.1 Å². The predicted octanol–water partition coefficient (Wildman–Crippen LogP) is 1.57. The molecule has 2 aromatic rings. The molecule has 0 atom stereocenters. The van der Waals surface area contributed by atoms with Crippen LogP contribution in [0.25, 0.3) is 0 Å². The molecule has 162 valence electrons. The second-order valence-electron chi connectivity index (χ2n) is 7.03. The van der Waals surface area contributed by atoms with E-state index in [1.54, 1.807) is 25.3 Å². The number of pyridine rings is 1. The highest BCUT2D eigenvalue weighted by Crippen LogP contribution is 2.33. The number of H-pyrrole nitrogens is 1. The highest BCUT2D eigenvalue weighted by Gasteiger charge is 2.24. The Labute approximate surface area is 174 Å². The number of para-hydroxylation sites is 1. The lowest BCUT2D eigenvalue weighted by molar-refractivity contribution is 0.0885. The molecule has 1 saturated heterocycles. The monoisotopic (exact) mass is 417 g/mol. The molecule has 0 bridgehead atoms. The van der Waals surface area contributed by atoms with Crippen molar-refractivity contribution in [2.45, 2.75) is 13.0 Å². The molecule has 1 aromatic heterocycles. The average Bonchev–Trinajstić information content (AvgIpc) is 2.78. The van der Waals surface area contributed by atoms with Gasteiger partial charge in [-0.15, -0.1) is 0 Å². The molecule has 9 nitrogen and oxygen atoms in total. The molecule has 3 rings (SSSR count). The summed E-state index contributed by atoms with van der Waals surface area (Å²) < 4.78 is 15.6. The van der Waals surface area contributed by atoms with Crippen molar-refractivity contribution in [2.24, 2.45) is 0 Å². The SMILES string of the molecule is COC(=O)N1CCN(Cc2c(Cc3cccc(OC)c3OC)c[nH]c(=O)c2O)CC1. The zero-order valence-electron chi connectivity index (χ0n) is 17.4. The van der Waals surface area contributed by atoms with E-state index in [1.807, 2.05) is 18.2 Å². The first-order valence-electron chi connectivity index (χ1n) is 9.66. The number of hydrogen-bond donors (Lipinski definition) is 2. The van der Waals surface area contributed by atoms with E-state index in [0.29, 0.717) is 56.2 Å². The number of carbonyl (C=O) groups is 1. The Bertz CT molecular complexity index is 950. The number of nitrogens with one attached hydrogen (secondary N) is 1. The van der Waals surface area contributed by atoms with Crippen LogP contribution in [0.4, 0.5) is 4.79 Å². The number of carbonyl (C=O) groups excluding carboxylic acids is 1. The lowest BCUT2D eigenvalue weighted by Crippen LogP contribution is -2.48. The quantitative estimate of drug-likeness (QED) is 0.735. The van der Waals surface area contributed by atoms with Gasteiger partial charge in [-0.3, -0.25) is 9.69 Å². The summed E-state index contributed by atoms with van der Waals surface area (Å²) in [5, 5.41) is 10.5. The van der Waals surface area contributed by atoms with E-state index in [-0.39, 0.29) is 11.8 Å². The second-order valence-corrected chi connectivity index (χ2v) is 7.03. The first kappa shape index (κ1) is 21.5. The van der Waals surface area contributed by atoms with Crippen LogP contribution < -0.4 is 15.0 Å². The van der Waals surface area contributed by atoms with Crippen molar-refractivity contribution in [2.75, 3.05) is 47.5 Å². The lowest BCUT2D eigenvalue weighted by Gasteiger charge is -2.34. The third-order valence-corrected chi connectivity index (χ3v) is 5.32. The van der Waals surface area contributed by atoms with Crippen LogP contribution in [0.1, 0.15) is 16.7 Å². The highest BCUT2D eigenvalue weighted by molar-refractivity contribution is 5.67. The molecule has 0 radical (unpaired) electrons. The summed E-state index contributed by atoms with van der Waals surface area (Å²) >= 11 is 0. The minimum absolute atomic E-state index is 0.287. The second kappa shape index (κ2) is 9.53. The first-order chi connectivity index (χ1) is 14.5. The Morgan fingerprint density at radius 2 is 1.83 bits per heavy atom. The van der Waals surface area contributed by atoms with Gasteiger partial charge in [0.1, 0.15) is 0 Å². The number of rotatable bonds is 6. The van der Waals surface area contributed by atoms with Gasteiger partial charge in [-0.25, -0.2) is 4.79 Å². The summed E-state index contributed by atoms with van der Waals surface area (Å²) in [6.45, 7) is 2.67. The average molecular weight is 417 g/mol. The number of aromatic nitrogens is 1. The van der Waals surface area contributed by atoms with Gasteiger partial charge in [0.2, 0.25) is 0 Å². The van der Waals surface area contributed by atoms with Crippen molar-refractivity contribution in [1.82, 2.24) is 14.8 Å². The molecule has 0 unspecified atom stereocenters. The number of piperazine rings is 1. The molecule has 1 amide bonds. The van der Waals surface area contributed by atoms with Gasteiger partial charge in [-0.2, -0.15) is 0 Å². The standard InChI is InChI=1S/C21H27N3O6/c1-28-17-6-4-5-14(19(17)29-2)11-15-12-22-20(26)18(25)16(15)13-23-7-9-24(10-8-23)21(27)30-3/h4-6,12,25H,7-11,13H2,1-3H3,(H,22,26). The molecule has 0 aliphatic carbocycles. The maximum atomic E-state index is 12.1. The van der Waals surface area contributed by atoms with Crippen LogP contribution in [0.15, 0.2) is 29.2 Å². The number of ether oxygens (including phenoxy) is 3. The van der Waals surface area contributed by atoms with Crippen molar-refractivity contribution in [1.29, 1.82) is 0 Å². The molecular weight excluding hydrogens is 390 g/mol. The maximum Gasteiger partial charge on any atom is 0.409 e. The topological polar surface area (TPSA) is 104 Å². The van der Waals surface area contributed by atoms with Crippen LogP contribution in [0.5, 0.6) is 17.2 Å². The van der Waals surface area contributed by atoms with E-state index in [2.05, 4.69) is 9.88 Å². The summed E-state index contributed by atoms with van der Waals surface area (Å²) in [5.41, 5.74) is 1.70. The number of nitrogens with zero attached hydrogens (tertiary/aromatic N) is 2. The molecule has 2 heterocycles. The Hall–Kier alpha value is -3.20. The number of benzene rings is 1. The van der Waals surface area contributed by atoms with E-state index in [1.165, 1.54) is 7.11 Å². The molecule has 1 fully saturated rings. The Morgan fingerprint density at radius 3 is 2.47 bits per heavy atom. The number of methoxy groups -OCH3 is 3. The molecule has 2 N–H and O–H groups in total. The largest absolute Gasteiger partial charge is 0.503 e. The van der Waals surface area contributed by atoms with Gasteiger partial charge in [-0.05, 0) is 11.6 Å². The van der Waals surface area contributed by atoms with Crippen LogP contribution in [0.3, 0.4) is 0 Å². The molecular formula is C21H27N3O6. The third-order valence-electron chi connectivity index (χ3n) is 5.32. The Balaban J connectivity index is 1.84. The summed E-state index contributed by atoms with van der Waals surface area (Å²) in [4.78, 5) is 30.1. The minimum Gasteiger partial charge on any atom is -0.503 e. The fourth-order valence-corrected chi connectivity index (χ4v) is 3.67. The van der Waals surface area contributed by atoms with Crippen LogP contribution in [-0.4, -0.2) is 73.5 Å². The van der Waals surface area contributed by atoms with E-state index < -0.39 is 5.56 Å². The van der Waals surface area contributed by atoms with Crippen LogP contribution >= 0.6 is 0 Å². The molecule has 0 spiro atoms. The van der Waals surface area contributed by atoms with Crippen LogP contribution in [-0.2, 0) is 17.7 Å². The van der Waals surface area contributed by atoms with Gasteiger partial charge in [0, 0.05) is 56.5 Å². The van der Waals surface area contributed by atoms with Crippen molar-refractivity contribution in [3.8, 4) is 17.2 Å². The molecule has 1 aliphatic heterocycles. The number of aromatic hydroxyl groups is 1. The van der Waals surface area contributed by atoms with Gasteiger partial charge in [0.25, 0.3) is 5.56 Å². The molecule has 0 saturated carbocycles.